The Hall–Kier alpha value is 0.340. The van der Waals surface area contributed by atoms with E-state index in [9.17, 15) is 13.0 Å². The van der Waals surface area contributed by atoms with Crippen LogP contribution in [-0.2, 0) is 10.1 Å². The smallest absolute Gasteiger partial charge is 0.0945 e. The van der Waals surface area contributed by atoms with E-state index in [1.165, 1.54) is 83.5 Å². The summed E-state index contributed by atoms with van der Waals surface area (Å²) in [5.74, 6) is -0.193. The molecule has 0 radical (unpaired) electrons. The zero-order valence-electron chi connectivity index (χ0n) is 21.9. The Balaban J connectivity index is 0. The maximum absolute atomic E-state index is 10.2. The molecule has 0 aromatic carbocycles. The van der Waals surface area contributed by atoms with Crippen LogP contribution in [0.5, 0.6) is 0 Å². The van der Waals surface area contributed by atoms with Crippen LogP contribution in [0.2, 0.25) is 0 Å². The molecule has 5 heteroatoms. The summed E-state index contributed by atoms with van der Waals surface area (Å²) >= 11 is 0. The molecule has 0 aromatic heterocycles. The monoisotopic (exact) mass is 480 g/mol. The fraction of sp³-hybridized carbons (Fsp3) is 1.00. The Morgan fingerprint density at radius 2 is 0.774 bits per heavy atom. The average Bonchev–Trinajstić information content (AvgIpc) is 2.74. The van der Waals surface area contributed by atoms with Crippen LogP contribution >= 0.6 is 7.26 Å². The highest BCUT2D eigenvalue weighted by Crippen LogP contribution is 2.61. The van der Waals surface area contributed by atoms with E-state index in [0.717, 1.165) is 12.8 Å². The Kier molecular flexibility index (Phi) is 25.4. The van der Waals surface area contributed by atoms with Crippen molar-refractivity contribution in [3.8, 4) is 0 Å². The summed E-state index contributed by atoms with van der Waals surface area (Å²) < 4.78 is 30.7. The molecule has 0 spiro atoms. The van der Waals surface area contributed by atoms with E-state index in [1.54, 1.807) is 24.6 Å². The summed E-state index contributed by atoms with van der Waals surface area (Å²) in [5, 5.41) is 0. The molecule has 0 amide bonds. The number of unbranched alkanes of at least 4 members (excludes halogenated alkanes) is 11. The first-order valence-corrected chi connectivity index (χ1v) is 17.7. The third kappa shape index (κ3) is 24.8. The topological polar surface area (TPSA) is 57.2 Å². The highest BCUT2D eigenvalue weighted by atomic mass is 32.2. The quantitative estimate of drug-likeness (QED) is 0.0936. The van der Waals surface area contributed by atoms with Crippen molar-refractivity contribution in [1.29, 1.82) is 0 Å². The first-order chi connectivity index (χ1) is 14.8. The van der Waals surface area contributed by atoms with Crippen LogP contribution in [-0.4, -0.2) is 43.4 Å². The molecule has 0 bridgehead atoms. The lowest BCUT2D eigenvalue weighted by Gasteiger charge is -2.28. The Labute approximate surface area is 198 Å². The lowest BCUT2D eigenvalue weighted by molar-refractivity contribution is 0.459. The van der Waals surface area contributed by atoms with Crippen LogP contribution in [0.4, 0.5) is 0 Å². The van der Waals surface area contributed by atoms with Crippen LogP contribution in [0.15, 0.2) is 0 Å². The van der Waals surface area contributed by atoms with E-state index in [-0.39, 0.29) is 5.75 Å². The summed E-state index contributed by atoms with van der Waals surface area (Å²) in [6.07, 6.45) is 26.6. The van der Waals surface area contributed by atoms with Crippen molar-refractivity contribution in [3.05, 3.63) is 0 Å². The maximum Gasteiger partial charge on any atom is 0.0945 e. The van der Waals surface area contributed by atoms with Crippen molar-refractivity contribution in [2.45, 2.75) is 137 Å². The first kappa shape index (κ1) is 33.5. The summed E-state index contributed by atoms with van der Waals surface area (Å²) in [4.78, 5) is 0. The van der Waals surface area contributed by atoms with Crippen molar-refractivity contribution in [2.75, 3.05) is 30.4 Å². The van der Waals surface area contributed by atoms with E-state index in [1.807, 2.05) is 0 Å². The predicted octanol–water partition coefficient (Wildman–Crippen LogP) is 8.88. The number of hydrogen-bond donors (Lipinski definition) is 0. The molecule has 0 heterocycles. The van der Waals surface area contributed by atoms with Crippen molar-refractivity contribution in [2.24, 2.45) is 0 Å². The van der Waals surface area contributed by atoms with Crippen molar-refractivity contribution in [1.82, 2.24) is 0 Å². The zero-order chi connectivity index (χ0) is 23.8. The van der Waals surface area contributed by atoms with Gasteiger partial charge in [0.2, 0.25) is 0 Å². The van der Waals surface area contributed by atoms with Crippen LogP contribution in [0, 0.1) is 0 Å². The molecule has 31 heavy (non-hydrogen) atoms. The molecular formula is C26H57O3PS. The summed E-state index contributed by atoms with van der Waals surface area (Å²) in [6, 6.07) is 0. The van der Waals surface area contributed by atoms with Gasteiger partial charge < -0.3 is 4.55 Å². The highest BCUT2D eigenvalue weighted by molar-refractivity contribution is 7.85. The first-order valence-electron chi connectivity index (χ1n) is 13.6. The molecule has 0 atom stereocenters. The normalized spacial score (nSPS) is 11.9. The molecule has 0 rings (SSSR count). The van der Waals surface area contributed by atoms with Gasteiger partial charge in [-0.1, -0.05) is 105 Å². The second-order valence-corrected chi connectivity index (χ2v) is 15.4. The third-order valence-corrected chi connectivity index (χ3v) is 12.0. The van der Waals surface area contributed by atoms with Gasteiger partial charge in [0.1, 0.15) is 0 Å². The van der Waals surface area contributed by atoms with E-state index in [2.05, 4.69) is 34.6 Å². The van der Waals surface area contributed by atoms with E-state index in [4.69, 9.17) is 0 Å². The van der Waals surface area contributed by atoms with Crippen LogP contribution in [0.1, 0.15) is 137 Å². The minimum atomic E-state index is -3.98. The van der Waals surface area contributed by atoms with Crippen LogP contribution < -0.4 is 0 Å². The SMILES string of the molecule is CCCCCCCCCCS(=O)(=O)[O-].CCCC[P+](CCCC)(CCCC)CCCC. The summed E-state index contributed by atoms with van der Waals surface area (Å²) in [5.41, 5.74) is 0. The lowest BCUT2D eigenvalue weighted by atomic mass is 10.1. The standard InChI is InChI=1S/C16H36P.C10H22O3S/c1-5-9-13-17(14-10-6-2,15-11-7-3)16-12-8-4;1-2-3-4-5-6-7-8-9-10-14(11,12)13/h5-16H2,1-4H3;2-10H2,1H3,(H,11,12,13)/q+1;/p-1. The summed E-state index contributed by atoms with van der Waals surface area (Å²) in [6.45, 7) is 11.6. The van der Waals surface area contributed by atoms with Crippen molar-refractivity contribution < 1.29 is 13.0 Å². The van der Waals surface area contributed by atoms with E-state index < -0.39 is 17.4 Å². The van der Waals surface area contributed by atoms with Gasteiger partial charge in [0.15, 0.2) is 0 Å². The molecular weight excluding hydrogens is 423 g/mol. The molecule has 0 aliphatic rings. The van der Waals surface area contributed by atoms with E-state index >= 15 is 0 Å². The highest BCUT2D eigenvalue weighted by Gasteiger charge is 2.34. The Morgan fingerprint density at radius 1 is 0.484 bits per heavy atom. The van der Waals surface area contributed by atoms with Crippen LogP contribution in [0.25, 0.3) is 0 Å². The summed E-state index contributed by atoms with van der Waals surface area (Å²) in [7, 11) is -4.54. The number of hydrogen-bond acceptors (Lipinski definition) is 3. The maximum atomic E-state index is 10.2. The van der Waals surface area contributed by atoms with Gasteiger partial charge >= 0.3 is 0 Å². The molecule has 0 saturated carbocycles. The lowest BCUT2D eigenvalue weighted by Crippen LogP contribution is -2.12. The molecule has 0 aromatic rings. The van der Waals surface area contributed by atoms with E-state index in [0.29, 0.717) is 6.42 Å². The second-order valence-electron chi connectivity index (χ2n) is 9.39. The zero-order valence-corrected chi connectivity index (χ0v) is 23.6. The van der Waals surface area contributed by atoms with Gasteiger partial charge in [0.25, 0.3) is 0 Å². The number of rotatable bonds is 21. The fourth-order valence-corrected chi connectivity index (χ4v) is 9.91. The van der Waals surface area contributed by atoms with Gasteiger partial charge in [-0.15, -0.1) is 0 Å². The van der Waals surface area contributed by atoms with Gasteiger partial charge in [0.05, 0.1) is 34.8 Å². The molecule has 0 saturated heterocycles. The molecule has 0 N–H and O–H groups in total. The molecule has 190 valence electrons. The van der Waals surface area contributed by atoms with Crippen molar-refractivity contribution >= 4 is 17.4 Å². The largest absolute Gasteiger partial charge is 0.748 e. The molecule has 3 nitrogen and oxygen atoms in total. The molecule has 0 aliphatic carbocycles. The predicted molar refractivity (Wildman–Crippen MR) is 143 cm³/mol. The van der Waals surface area contributed by atoms with Gasteiger partial charge in [-0.3, -0.25) is 0 Å². The van der Waals surface area contributed by atoms with Gasteiger partial charge in [-0.25, -0.2) is 8.42 Å². The average molecular weight is 481 g/mol. The van der Waals surface area contributed by atoms with Crippen LogP contribution in [0.3, 0.4) is 0 Å². The third-order valence-electron chi connectivity index (χ3n) is 6.19. The van der Waals surface area contributed by atoms with Gasteiger partial charge in [0, 0.05) is 13.0 Å². The second kappa shape index (κ2) is 23.5. The minimum absolute atomic E-state index is 0.193. The van der Waals surface area contributed by atoms with Gasteiger partial charge in [-0.05, 0) is 32.1 Å². The molecule has 0 aliphatic heterocycles. The Bertz CT molecular complexity index is 414. The minimum Gasteiger partial charge on any atom is -0.748 e. The molecule has 0 fully saturated rings. The van der Waals surface area contributed by atoms with Crippen molar-refractivity contribution in [3.63, 3.8) is 0 Å². The fourth-order valence-electron chi connectivity index (χ4n) is 4.06. The Morgan fingerprint density at radius 3 is 1.06 bits per heavy atom. The molecule has 0 unspecified atom stereocenters. The van der Waals surface area contributed by atoms with Gasteiger partial charge in [-0.2, -0.15) is 0 Å².